The van der Waals surface area contributed by atoms with Crippen molar-refractivity contribution in [2.75, 3.05) is 12.4 Å². The average Bonchev–Trinajstić information content (AvgIpc) is 3.08. The van der Waals surface area contributed by atoms with Crippen LogP contribution in [0.3, 0.4) is 0 Å². The van der Waals surface area contributed by atoms with Gasteiger partial charge >= 0.3 is 0 Å². The second kappa shape index (κ2) is 6.13. The summed E-state index contributed by atoms with van der Waals surface area (Å²) in [5, 5.41) is 3.52. The van der Waals surface area contributed by atoms with Gasteiger partial charge in [0.25, 0.3) is 0 Å². The molecule has 1 aromatic heterocycles. The summed E-state index contributed by atoms with van der Waals surface area (Å²) in [5.74, 6) is 0.846. The van der Waals surface area contributed by atoms with E-state index in [9.17, 15) is 0 Å². The molecule has 0 aliphatic heterocycles. The Morgan fingerprint density at radius 2 is 1.81 bits per heavy atom. The number of nitrogens with zero attached hydrogens (tertiary/aromatic N) is 1. The number of H-pyrrole nitrogens is 1. The van der Waals surface area contributed by atoms with Gasteiger partial charge in [-0.2, -0.15) is 0 Å². The van der Waals surface area contributed by atoms with Crippen molar-refractivity contribution in [3.05, 3.63) is 78.4 Å². The highest BCUT2D eigenvalue weighted by Gasteiger charge is 2.15. The largest absolute Gasteiger partial charge is 0.497 e. The molecule has 4 heteroatoms. The second-order valence-electron chi connectivity index (χ2n) is 4.72. The number of anilines is 1. The third-order valence-corrected chi connectivity index (χ3v) is 3.36. The lowest BCUT2D eigenvalue weighted by Gasteiger charge is -2.19. The van der Waals surface area contributed by atoms with Gasteiger partial charge in [-0.05, 0) is 29.8 Å². The Morgan fingerprint density at radius 3 is 2.43 bits per heavy atom. The first kappa shape index (κ1) is 13.2. The van der Waals surface area contributed by atoms with E-state index in [1.54, 1.807) is 13.4 Å². The molecule has 0 fully saturated rings. The summed E-state index contributed by atoms with van der Waals surface area (Å²) in [6.45, 7) is 0. The van der Waals surface area contributed by atoms with Crippen molar-refractivity contribution in [3.8, 4) is 5.75 Å². The Hall–Kier alpha value is -2.75. The molecule has 0 saturated carbocycles. The Labute approximate surface area is 123 Å². The Balaban J connectivity index is 1.89. The Kier molecular flexibility index (Phi) is 3.87. The molecule has 1 heterocycles. The molecule has 0 bridgehead atoms. The molecule has 0 aliphatic carbocycles. The zero-order chi connectivity index (χ0) is 14.5. The fourth-order valence-corrected chi connectivity index (χ4v) is 2.26. The highest BCUT2D eigenvalue weighted by Crippen LogP contribution is 2.26. The van der Waals surface area contributed by atoms with Crippen molar-refractivity contribution in [3.63, 3.8) is 0 Å². The van der Waals surface area contributed by atoms with Gasteiger partial charge in [0.05, 0.1) is 31.4 Å². The number of imidazole rings is 1. The van der Waals surface area contributed by atoms with Crippen molar-refractivity contribution in [1.82, 2.24) is 9.97 Å². The summed E-state index contributed by atoms with van der Waals surface area (Å²) in [4.78, 5) is 7.30. The summed E-state index contributed by atoms with van der Waals surface area (Å²) in [6, 6.07) is 18.2. The van der Waals surface area contributed by atoms with E-state index in [0.29, 0.717) is 0 Å². The third-order valence-electron chi connectivity index (χ3n) is 3.36. The quantitative estimate of drug-likeness (QED) is 0.750. The molecule has 21 heavy (non-hydrogen) atoms. The molecule has 1 atom stereocenters. The molecule has 4 nitrogen and oxygen atoms in total. The molecule has 0 spiro atoms. The number of aromatic amines is 1. The summed E-state index contributed by atoms with van der Waals surface area (Å²) in [7, 11) is 1.67. The third kappa shape index (κ3) is 3.05. The minimum Gasteiger partial charge on any atom is -0.497 e. The number of methoxy groups -OCH3 is 1. The van der Waals surface area contributed by atoms with Gasteiger partial charge < -0.3 is 15.0 Å². The molecule has 106 valence electrons. The lowest BCUT2D eigenvalue weighted by atomic mass is 10.0. The standard InChI is InChI=1S/C17H17N3O/c1-21-15-9-7-14(8-10-15)20-17(16-11-18-12-19-16)13-5-3-2-4-6-13/h2-12,17,20H,1H3,(H,18,19). The average molecular weight is 279 g/mol. The molecule has 0 aliphatic rings. The molecule has 0 saturated heterocycles. The predicted octanol–water partition coefficient (Wildman–Crippen LogP) is 3.62. The van der Waals surface area contributed by atoms with Crippen molar-refractivity contribution in [2.24, 2.45) is 0 Å². The highest BCUT2D eigenvalue weighted by molar-refractivity contribution is 5.50. The number of ether oxygens (including phenoxy) is 1. The van der Waals surface area contributed by atoms with Gasteiger partial charge in [0, 0.05) is 5.69 Å². The minimum absolute atomic E-state index is 0.0297. The van der Waals surface area contributed by atoms with Gasteiger partial charge in [-0.25, -0.2) is 4.98 Å². The van der Waals surface area contributed by atoms with E-state index in [0.717, 1.165) is 17.1 Å². The van der Waals surface area contributed by atoms with Gasteiger partial charge in [0.15, 0.2) is 0 Å². The maximum absolute atomic E-state index is 5.19. The van der Waals surface area contributed by atoms with E-state index >= 15 is 0 Å². The lowest BCUT2D eigenvalue weighted by Crippen LogP contribution is -2.12. The SMILES string of the molecule is COc1ccc(NC(c2ccccc2)c2cnc[nH]2)cc1. The first-order chi connectivity index (χ1) is 10.4. The van der Waals surface area contributed by atoms with Crippen molar-refractivity contribution in [1.29, 1.82) is 0 Å². The van der Waals surface area contributed by atoms with Crippen molar-refractivity contribution in [2.45, 2.75) is 6.04 Å². The zero-order valence-electron chi connectivity index (χ0n) is 11.8. The molecule has 0 amide bonds. The van der Waals surface area contributed by atoms with Gasteiger partial charge in [0.1, 0.15) is 5.75 Å². The summed E-state index contributed by atoms with van der Waals surface area (Å²) in [6.07, 6.45) is 3.54. The van der Waals surface area contributed by atoms with Crippen LogP contribution in [0.2, 0.25) is 0 Å². The molecule has 2 aromatic carbocycles. The van der Waals surface area contributed by atoms with Crippen molar-refractivity contribution >= 4 is 5.69 Å². The molecular weight excluding hydrogens is 262 g/mol. The lowest BCUT2D eigenvalue weighted by molar-refractivity contribution is 0.415. The predicted molar refractivity (Wildman–Crippen MR) is 83.5 cm³/mol. The smallest absolute Gasteiger partial charge is 0.119 e. The monoisotopic (exact) mass is 279 g/mol. The van der Waals surface area contributed by atoms with Crippen LogP contribution in [0.5, 0.6) is 5.75 Å². The minimum atomic E-state index is 0.0297. The first-order valence-corrected chi connectivity index (χ1v) is 6.80. The molecular formula is C17H17N3O. The van der Waals surface area contributed by atoms with Crippen LogP contribution in [-0.4, -0.2) is 17.1 Å². The molecule has 1 unspecified atom stereocenters. The number of aromatic nitrogens is 2. The fraction of sp³-hybridized carbons (Fsp3) is 0.118. The van der Waals surface area contributed by atoms with Crippen LogP contribution >= 0.6 is 0 Å². The summed E-state index contributed by atoms with van der Waals surface area (Å²) < 4.78 is 5.19. The number of benzene rings is 2. The summed E-state index contributed by atoms with van der Waals surface area (Å²) in [5.41, 5.74) is 3.23. The molecule has 2 N–H and O–H groups in total. The zero-order valence-corrected chi connectivity index (χ0v) is 11.8. The number of hydrogen-bond acceptors (Lipinski definition) is 3. The van der Waals surface area contributed by atoms with Gasteiger partial charge in [-0.15, -0.1) is 0 Å². The maximum Gasteiger partial charge on any atom is 0.119 e. The molecule has 3 aromatic rings. The molecule has 0 radical (unpaired) electrons. The van der Waals surface area contributed by atoms with E-state index in [-0.39, 0.29) is 6.04 Å². The maximum atomic E-state index is 5.19. The van der Waals surface area contributed by atoms with Crippen LogP contribution in [-0.2, 0) is 0 Å². The fourth-order valence-electron chi connectivity index (χ4n) is 2.26. The van der Waals surface area contributed by atoms with E-state index in [2.05, 4.69) is 27.4 Å². The van der Waals surface area contributed by atoms with Crippen LogP contribution in [0.15, 0.2) is 67.1 Å². The van der Waals surface area contributed by atoms with Crippen LogP contribution in [0.4, 0.5) is 5.69 Å². The van der Waals surface area contributed by atoms with Gasteiger partial charge in [0.2, 0.25) is 0 Å². The Morgan fingerprint density at radius 1 is 1.05 bits per heavy atom. The summed E-state index contributed by atoms with van der Waals surface area (Å²) >= 11 is 0. The topological polar surface area (TPSA) is 49.9 Å². The Bertz CT molecular complexity index is 663. The van der Waals surface area contributed by atoms with Gasteiger partial charge in [-0.1, -0.05) is 30.3 Å². The van der Waals surface area contributed by atoms with Crippen molar-refractivity contribution < 1.29 is 4.74 Å². The van der Waals surface area contributed by atoms with Crippen LogP contribution in [0.1, 0.15) is 17.3 Å². The first-order valence-electron chi connectivity index (χ1n) is 6.80. The van der Waals surface area contributed by atoms with E-state index in [1.165, 1.54) is 5.56 Å². The van der Waals surface area contributed by atoms with Crippen LogP contribution in [0.25, 0.3) is 0 Å². The number of nitrogens with one attached hydrogen (secondary N) is 2. The van der Waals surface area contributed by atoms with E-state index in [4.69, 9.17) is 4.74 Å². The van der Waals surface area contributed by atoms with E-state index < -0.39 is 0 Å². The normalized spacial score (nSPS) is 11.9. The highest BCUT2D eigenvalue weighted by atomic mass is 16.5. The van der Waals surface area contributed by atoms with Crippen LogP contribution in [0, 0.1) is 0 Å². The van der Waals surface area contributed by atoms with Crippen LogP contribution < -0.4 is 10.1 Å². The molecule has 3 rings (SSSR count). The number of rotatable bonds is 5. The van der Waals surface area contributed by atoms with E-state index in [1.807, 2.05) is 48.7 Å². The van der Waals surface area contributed by atoms with Gasteiger partial charge in [-0.3, -0.25) is 0 Å². The number of hydrogen-bond donors (Lipinski definition) is 2. The second-order valence-corrected chi connectivity index (χ2v) is 4.72.